The van der Waals surface area contributed by atoms with E-state index >= 15 is 0 Å². The highest BCUT2D eigenvalue weighted by molar-refractivity contribution is 5.86. The van der Waals surface area contributed by atoms with Gasteiger partial charge in [0.2, 0.25) is 5.91 Å². The summed E-state index contributed by atoms with van der Waals surface area (Å²) in [5.41, 5.74) is 8.74. The van der Waals surface area contributed by atoms with E-state index < -0.39 is 17.5 Å². The molecule has 0 radical (unpaired) electrons. The van der Waals surface area contributed by atoms with E-state index in [2.05, 4.69) is 0 Å². The number of hydrogen-bond acceptors (Lipinski definition) is 6. The number of benzene rings is 2. The first-order valence-corrected chi connectivity index (χ1v) is 10.4. The number of amides is 1. The molecule has 0 fully saturated rings. The van der Waals surface area contributed by atoms with Gasteiger partial charge in [-0.2, -0.15) is 0 Å². The van der Waals surface area contributed by atoms with Crippen molar-refractivity contribution in [1.82, 2.24) is 0 Å². The van der Waals surface area contributed by atoms with E-state index in [0.29, 0.717) is 41.2 Å². The van der Waals surface area contributed by atoms with Gasteiger partial charge in [0.25, 0.3) is 0 Å². The van der Waals surface area contributed by atoms with E-state index in [1.54, 1.807) is 21.3 Å². The SMILES string of the molecule is COc1ccc(CCC(Cc2c(C)c3ccc(OC)c(C)c3oc2=O)C(N)=O)cc1OC. The van der Waals surface area contributed by atoms with Crippen molar-refractivity contribution in [2.24, 2.45) is 11.7 Å². The van der Waals surface area contributed by atoms with Crippen molar-refractivity contribution in [3.8, 4) is 17.2 Å². The first kappa shape index (κ1) is 23.2. The maximum Gasteiger partial charge on any atom is 0.339 e. The number of nitrogens with two attached hydrogens (primary N) is 1. The van der Waals surface area contributed by atoms with Crippen LogP contribution in [0.5, 0.6) is 17.2 Å². The van der Waals surface area contributed by atoms with Crippen LogP contribution in [-0.2, 0) is 17.6 Å². The Balaban J connectivity index is 1.88. The van der Waals surface area contributed by atoms with Crippen molar-refractivity contribution in [2.45, 2.75) is 33.1 Å². The molecule has 2 aromatic carbocycles. The van der Waals surface area contributed by atoms with Gasteiger partial charge in [-0.3, -0.25) is 4.79 Å². The van der Waals surface area contributed by atoms with E-state index in [0.717, 1.165) is 22.1 Å². The average molecular weight is 440 g/mol. The van der Waals surface area contributed by atoms with Crippen LogP contribution in [0.1, 0.15) is 28.7 Å². The average Bonchev–Trinajstić information content (AvgIpc) is 2.78. The van der Waals surface area contributed by atoms with Gasteiger partial charge in [-0.15, -0.1) is 0 Å². The minimum Gasteiger partial charge on any atom is -0.496 e. The number of rotatable bonds is 9. The predicted octanol–water partition coefficient (Wildman–Crippen LogP) is 3.71. The molecule has 3 aromatic rings. The van der Waals surface area contributed by atoms with Gasteiger partial charge in [0.15, 0.2) is 11.5 Å². The van der Waals surface area contributed by atoms with Crippen LogP contribution in [0, 0.1) is 19.8 Å². The van der Waals surface area contributed by atoms with Gasteiger partial charge in [-0.25, -0.2) is 4.79 Å². The number of carbonyl (C=O) groups is 1. The molecule has 2 N–H and O–H groups in total. The lowest BCUT2D eigenvalue weighted by Gasteiger charge is -2.16. The summed E-state index contributed by atoms with van der Waals surface area (Å²) in [4.78, 5) is 25.0. The molecule has 0 aliphatic heterocycles. The molecule has 1 aromatic heterocycles. The molecule has 7 heteroatoms. The van der Waals surface area contributed by atoms with Crippen molar-refractivity contribution in [1.29, 1.82) is 0 Å². The fourth-order valence-corrected chi connectivity index (χ4v) is 4.00. The topological polar surface area (TPSA) is 101 Å². The highest BCUT2D eigenvalue weighted by Crippen LogP contribution is 2.31. The highest BCUT2D eigenvalue weighted by Gasteiger charge is 2.22. The summed E-state index contributed by atoms with van der Waals surface area (Å²) in [7, 11) is 4.73. The highest BCUT2D eigenvalue weighted by atomic mass is 16.5. The zero-order valence-electron chi connectivity index (χ0n) is 19.1. The molecule has 3 rings (SSSR count). The summed E-state index contributed by atoms with van der Waals surface area (Å²) in [6.45, 7) is 3.71. The lowest BCUT2D eigenvalue weighted by atomic mass is 9.90. The molecular formula is C25H29NO6. The monoisotopic (exact) mass is 439 g/mol. The van der Waals surface area contributed by atoms with Crippen LogP contribution >= 0.6 is 0 Å². The van der Waals surface area contributed by atoms with Crippen LogP contribution in [0.3, 0.4) is 0 Å². The zero-order valence-corrected chi connectivity index (χ0v) is 19.1. The molecule has 0 saturated carbocycles. The lowest BCUT2D eigenvalue weighted by molar-refractivity contribution is -0.121. The Morgan fingerprint density at radius 2 is 1.62 bits per heavy atom. The quantitative estimate of drug-likeness (QED) is 0.510. The van der Waals surface area contributed by atoms with Gasteiger partial charge in [0.05, 0.1) is 21.3 Å². The summed E-state index contributed by atoms with van der Waals surface area (Å²) in [5.74, 6) is 0.950. The molecule has 1 heterocycles. The van der Waals surface area contributed by atoms with Crippen LogP contribution in [0.4, 0.5) is 0 Å². The Kier molecular flexibility index (Phi) is 7.08. The molecule has 32 heavy (non-hydrogen) atoms. The smallest absolute Gasteiger partial charge is 0.339 e. The first-order chi connectivity index (χ1) is 15.3. The van der Waals surface area contributed by atoms with Gasteiger partial charge in [-0.1, -0.05) is 6.07 Å². The number of methoxy groups -OCH3 is 3. The summed E-state index contributed by atoms with van der Waals surface area (Å²) >= 11 is 0. The zero-order chi connectivity index (χ0) is 23.4. The predicted molar refractivity (Wildman–Crippen MR) is 123 cm³/mol. The van der Waals surface area contributed by atoms with E-state index in [9.17, 15) is 9.59 Å². The molecule has 1 atom stereocenters. The van der Waals surface area contributed by atoms with Crippen LogP contribution in [0.25, 0.3) is 11.0 Å². The standard InChI is InChI=1S/C25H29NO6/c1-14-18-9-11-20(29-3)15(2)23(18)32-25(28)19(14)13-17(24(26)27)8-6-16-7-10-21(30-4)22(12-16)31-5/h7,9-12,17H,6,8,13H2,1-5H3,(H2,26,27). The Hall–Kier alpha value is -3.48. The molecule has 0 spiro atoms. The molecule has 0 saturated heterocycles. The minimum absolute atomic E-state index is 0.220. The molecule has 1 unspecified atom stereocenters. The maximum absolute atomic E-state index is 12.8. The van der Waals surface area contributed by atoms with Crippen molar-refractivity contribution in [3.63, 3.8) is 0 Å². The second kappa shape index (κ2) is 9.77. The molecule has 1 amide bonds. The van der Waals surface area contributed by atoms with Crippen molar-refractivity contribution in [3.05, 3.63) is 63.0 Å². The molecule has 170 valence electrons. The summed E-state index contributed by atoms with van der Waals surface area (Å²) < 4.78 is 21.6. The van der Waals surface area contributed by atoms with E-state index in [4.69, 9.17) is 24.4 Å². The fraction of sp³-hybridized carbons (Fsp3) is 0.360. The number of carbonyl (C=O) groups excluding carboxylic acids is 1. The Bertz CT molecular complexity index is 1200. The number of hydrogen-bond donors (Lipinski definition) is 1. The van der Waals surface area contributed by atoms with E-state index in [1.165, 1.54) is 0 Å². The van der Waals surface area contributed by atoms with Crippen LogP contribution in [-0.4, -0.2) is 27.2 Å². The van der Waals surface area contributed by atoms with E-state index in [-0.39, 0.29) is 6.42 Å². The lowest BCUT2D eigenvalue weighted by Crippen LogP contribution is -2.28. The van der Waals surface area contributed by atoms with Crippen LogP contribution < -0.4 is 25.6 Å². The third-order valence-corrected chi connectivity index (χ3v) is 5.96. The second-order valence-electron chi connectivity index (χ2n) is 7.79. The second-order valence-corrected chi connectivity index (χ2v) is 7.79. The Labute approximate surface area is 187 Å². The third-order valence-electron chi connectivity index (χ3n) is 5.96. The van der Waals surface area contributed by atoms with Gasteiger partial charge < -0.3 is 24.4 Å². The third kappa shape index (κ3) is 4.56. The number of aryl methyl sites for hydroxylation is 3. The summed E-state index contributed by atoms with van der Waals surface area (Å²) in [6, 6.07) is 9.34. The maximum atomic E-state index is 12.8. The largest absolute Gasteiger partial charge is 0.496 e. The molecule has 0 aliphatic carbocycles. The molecule has 0 bridgehead atoms. The minimum atomic E-state index is -0.513. The Morgan fingerprint density at radius 1 is 0.969 bits per heavy atom. The van der Waals surface area contributed by atoms with Crippen molar-refractivity contribution >= 4 is 16.9 Å². The van der Waals surface area contributed by atoms with Crippen molar-refractivity contribution < 1.29 is 23.4 Å². The van der Waals surface area contributed by atoms with Gasteiger partial charge in [0.1, 0.15) is 11.3 Å². The number of fused-ring (bicyclic) bond motifs is 1. The number of ether oxygens (including phenoxy) is 3. The normalized spacial score (nSPS) is 11.9. The Morgan fingerprint density at radius 3 is 2.25 bits per heavy atom. The van der Waals surface area contributed by atoms with Gasteiger partial charge in [-0.05, 0) is 68.5 Å². The van der Waals surface area contributed by atoms with E-state index in [1.807, 2.05) is 44.2 Å². The van der Waals surface area contributed by atoms with Gasteiger partial charge >= 0.3 is 5.63 Å². The molecule has 0 aliphatic rings. The summed E-state index contributed by atoms with van der Waals surface area (Å²) in [5, 5.41) is 0.820. The molecular weight excluding hydrogens is 410 g/mol. The van der Waals surface area contributed by atoms with Crippen molar-refractivity contribution in [2.75, 3.05) is 21.3 Å². The fourth-order valence-electron chi connectivity index (χ4n) is 4.00. The van der Waals surface area contributed by atoms with Crippen LogP contribution in [0.15, 0.2) is 39.5 Å². The summed E-state index contributed by atoms with van der Waals surface area (Å²) in [6.07, 6.45) is 1.31. The number of primary amides is 1. The van der Waals surface area contributed by atoms with Crippen LogP contribution in [0.2, 0.25) is 0 Å². The first-order valence-electron chi connectivity index (χ1n) is 10.4. The molecule has 7 nitrogen and oxygen atoms in total. The van der Waals surface area contributed by atoms with Gasteiger partial charge in [0, 0.05) is 22.4 Å².